The molecule has 1 saturated heterocycles. The zero-order valence-electron chi connectivity index (χ0n) is 11.4. The molecular weight excluding hydrogens is 324 g/mol. The second-order valence-electron chi connectivity index (χ2n) is 4.66. The fourth-order valence-electron chi connectivity index (χ4n) is 1.89. The van der Waals surface area contributed by atoms with E-state index in [0.29, 0.717) is 13.2 Å². The van der Waals surface area contributed by atoms with Crippen LogP contribution in [0.5, 0.6) is 5.75 Å². The van der Waals surface area contributed by atoms with Crippen LogP contribution in [0, 0.1) is 0 Å². The van der Waals surface area contributed by atoms with Crippen LogP contribution >= 0.6 is 15.9 Å². The van der Waals surface area contributed by atoms with Gasteiger partial charge in [0.25, 0.3) is 0 Å². The van der Waals surface area contributed by atoms with Gasteiger partial charge < -0.3 is 20.1 Å². The van der Waals surface area contributed by atoms with Crippen molar-refractivity contribution < 1.29 is 14.3 Å². The topological polar surface area (TPSA) is 59.6 Å². The maximum absolute atomic E-state index is 10.9. The fourth-order valence-corrected chi connectivity index (χ4v) is 2.43. The van der Waals surface area contributed by atoms with Crippen molar-refractivity contribution in [2.45, 2.75) is 26.0 Å². The highest BCUT2D eigenvalue weighted by molar-refractivity contribution is 9.10. The summed E-state index contributed by atoms with van der Waals surface area (Å²) in [7, 11) is 0. The molecular formula is C14H19BrN2O3. The SMILES string of the molecule is CCCNCc1ccc(OCC2CNC(=O)O2)c(Br)c1. The first kappa shape index (κ1) is 15.1. The first-order valence-corrected chi connectivity index (χ1v) is 7.54. The van der Waals surface area contributed by atoms with Crippen LogP contribution < -0.4 is 15.4 Å². The molecule has 2 N–H and O–H groups in total. The molecule has 0 radical (unpaired) electrons. The average Bonchev–Trinajstić information content (AvgIpc) is 2.84. The van der Waals surface area contributed by atoms with Gasteiger partial charge in [-0.05, 0) is 46.6 Å². The van der Waals surface area contributed by atoms with Crippen molar-refractivity contribution in [3.63, 3.8) is 0 Å². The van der Waals surface area contributed by atoms with E-state index in [2.05, 4.69) is 33.5 Å². The Morgan fingerprint density at radius 1 is 1.55 bits per heavy atom. The van der Waals surface area contributed by atoms with Gasteiger partial charge in [0.2, 0.25) is 0 Å². The quantitative estimate of drug-likeness (QED) is 0.747. The van der Waals surface area contributed by atoms with Crippen LogP contribution in [0.4, 0.5) is 4.79 Å². The van der Waals surface area contributed by atoms with Gasteiger partial charge in [-0.15, -0.1) is 0 Å². The number of cyclic esters (lactones) is 1. The summed E-state index contributed by atoms with van der Waals surface area (Å²) in [4.78, 5) is 10.9. The van der Waals surface area contributed by atoms with E-state index in [1.54, 1.807) is 0 Å². The van der Waals surface area contributed by atoms with Crippen LogP contribution in [0.2, 0.25) is 0 Å². The van der Waals surface area contributed by atoms with Gasteiger partial charge in [0.15, 0.2) is 6.10 Å². The van der Waals surface area contributed by atoms with Gasteiger partial charge in [-0.2, -0.15) is 0 Å². The Balaban J connectivity index is 1.84. The maximum atomic E-state index is 10.9. The van der Waals surface area contributed by atoms with Gasteiger partial charge in [-0.1, -0.05) is 13.0 Å². The Bertz CT molecular complexity index is 468. The van der Waals surface area contributed by atoms with Crippen molar-refractivity contribution in [1.82, 2.24) is 10.6 Å². The van der Waals surface area contributed by atoms with Crippen molar-refractivity contribution in [2.75, 3.05) is 19.7 Å². The molecule has 1 aliphatic rings. The van der Waals surface area contributed by atoms with Gasteiger partial charge in [0.05, 0.1) is 11.0 Å². The molecule has 0 saturated carbocycles. The lowest BCUT2D eigenvalue weighted by Gasteiger charge is -2.12. The van der Waals surface area contributed by atoms with Crippen LogP contribution in [0.25, 0.3) is 0 Å². The van der Waals surface area contributed by atoms with Gasteiger partial charge in [0, 0.05) is 6.54 Å². The molecule has 0 aliphatic carbocycles. The Morgan fingerprint density at radius 3 is 3.05 bits per heavy atom. The predicted octanol–water partition coefficient (Wildman–Crippen LogP) is 2.44. The summed E-state index contributed by atoms with van der Waals surface area (Å²) in [6, 6.07) is 6.00. The fraction of sp³-hybridized carbons (Fsp3) is 0.500. The Morgan fingerprint density at radius 2 is 2.40 bits per heavy atom. The summed E-state index contributed by atoms with van der Waals surface area (Å²) in [5.41, 5.74) is 1.20. The maximum Gasteiger partial charge on any atom is 0.407 e. The molecule has 110 valence electrons. The summed E-state index contributed by atoms with van der Waals surface area (Å²) in [5.74, 6) is 0.757. The van der Waals surface area contributed by atoms with E-state index >= 15 is 0 Å². The zero-order chi connectivity index (χ0) is 14.4. The van der Waals surface area contributed by atoms with Crippen molar-refractivity contribution in [3.8, 4) is 5.75 Å². The number of ether oxygens (including phenoxy) is 2. The molecule has 1 unspecified atom stereocenters. The van der Waals surface area contributed by atoms with Crippen LogP contribution in [-0.2, 0) is 11.3 Å². The number of hydrogen-bond donors (Lipinski definition) is 2. The van der Waals surface area contributed by atoms with E-state index in [4.69, 9.17) is 9.47 Å². The monoisotopic (exact) mass is 342 g/mol. The molecule has 1 aliphatic heterocycles. The second kappa shape index (κ2) is 7.50. The standard InChI is InChI=1S/C14H19BrN2O3/c1-2-5-16-7-10-3-4-13(12(15)6-10)19-9-11-8-17-14(18)20-11/h3-4,6,11,16H,2,5,7-9H2,1H3,(H,17,18). The minimum absolute atomic E-state index is 0.222. The molecule has 20 heavy (non-hydrogen) atoms. The molecule has 6 heteroatoms. The van der Waals surface area contributed by atoms with Crippen molar-refractivity contribution in [2.24, 2.45) is 0 Å². The normalized spacial score (nSPS) is 17.7. The van der Waals surface area contributed by atoms with Crippen molar-refractivity contribution in [1.29, 1.82) is 0 Å². The van der Waals surface area contributed by atoms with E-state index < -0.39 is 0 Å². The molecule has 0 bridgehead atoms. The molecule has 1 aromatic rings. The molecule has 2 rings (SSSR count). The third kappa shape index (κ3) is 4.38. The predicted molar refractivity (Wildman–Crippen MR) is 79.9 cm³/mol. The van der Waals surface area contributed by atoms with Crippen LogP contribution in [0.15, 0.2) is 22.7 Å². The highest BCUT2D eigenvalue weighted by Gasteiger charge is 2.23. The Hall–Kier alpha value is -1.27. The largest absolute Gasteiger partial charge is 0.488 e. The minimum atomic E-state index is -0.380. The van der Waals surface area contributed by atoms with E-state index in [0.717, 1.165) is 29.7 Å². The number of rotatable bonds is 7. The number of nitrogens with one attached hydrogen (secondary N) is 2. The number of halogens is 1. The summed E-state index contributed by atoms with van der Waals surface area (Å²) in [6.07, 6.45) is 0.520. The molecule has 1 atom stereocenters. The smallest absolute Gasteiger partial charge is 0.407 e. The number of hydrogen-bond acceptors (Lipinski definition) is 4. The van der Waals surface area contributed by atoms with Crippen LogP contribution in [0.1, 0.15) is 18.9 Å². The lowest BCUT2D eigenvalue weighted by Crippen LogP contribution is -2.22. The zero-order valence-corrected chi connectivity index (χ0v) is 13.0. The molecule has 1 heterocycles. The number of benzene rings is 1. The van der Waals surface area contributed by atoms with Crippen molar-refractivity contribution >= 4 is 22.0 Å². The molecule has 1 amide bonds. The molecule has 0 aromatic heterocycles. The molecule has 1 aromatic carbocycles. The van der Waals surface area contributed by atoms with Crippen LogP contribution in [-0.4, -0.2) is 31.9 Å². The van der Waals surface area contributed by atoms with Gasteiger partial charge in [-0.3, -0.25) is 0 Å². The summed E-state index contributed by atoms with van der Waals surface area (Å²) in [5, 5.41) is 5.95. The number of carbonyl (C=O) groups is 1. The van der Waals surface area contributed by atoms with E-state index in [9.17, 15) is 4.79 Å². The average molecular weight is 343 g/mol. The first-order valence-electron chi connectivity index (χ1n) is 6.75. The molecule has 1 fully saturated rings. The number of carbonyl (C=O) groups excluding carboxylic acids is 1. The third-order valence-electron chi connectivity index (χ3n) is 2.92. The molecule has 0 spiro atoms. The third-order valence-corrected chi connectivity index (χ3v) is 3.54. The van der Waals surface area contributed by atoms with E-state index in [1.165, 1.54) is 5.56 Å². The van der Waals surface area contributed by atoms with Gasteiger partial charge in [-0.25, -0.2) is 4.79 Å². The summed E-state index contributed by atoms with van der Waals surface area (Å²) >= 11 is 3.50. The van der Waals surface area contributed by atoms with Gasteiger partial charge >= 0.3 is 6.09 Å². The first-order chi connectivity index (χ1) is 9.69. The van der Waals surface area contributed by atoms with Crippen molar-refractivity contribution in [3.05, 3.63) is 28.2 Å². The number of alkyl carbamates (subject to hydrolysis) is 1. The highest BCUT2D eigenvalue weighted by atomic mass is 79.9. The lowest BCUT2D eigenvalue weighted by molar-refractivity contribution is 0.104. The molecule has 5 nitrogen and oxygen atoms in total. The summed E-state index contributed by atoms with van der Waals surface area (Å²) < 4.78 is 11.6. The van der Waals surface area contributed by atoms with E-state index in [-0.39, 0.29) is 12.2 Å². The van der Waals surface area contributed by atoms with Crippen LogP contribution in [0.3, 0.4) is 0 Å². The Labute approximate surface area is 127 Å². The minimum Gasteiger partial charge on any atom is -0.488 e. The van der Waals surface area contributed by atoms with E-state index in [1.807, 2.05) is 18.2 Å². The Kier molecular flexibility index (Phi) is 5.67. The van der Waals surface area contributed by atoms with Gasteiger partial charge in [0.1, 0.15) is 12.4 Å². The summed E-state index contributed by atoms with van der Waals surface area (Å²) in [6.45, 7) is 4.84. The second-order valence-corrected chi connectivity index (χ2v) is 5.52. The highest BCUT2D eigenvalue weighted by Crippen LogP contribution is 2.26. The number of amides is 1. The lowest BCUT2D eigenvalue weighted by atomic mass is 10.2.